The molecule has 0 bridgehead atoms. The zero-order valence-corrected chi connectivity index (χ0v) is 22.2. The first-order valence-corrected chi connectivity index (χ1v) is 13.6. The van der Waals surface area contributed by atoms with Gasteiger partial charge >= 0.3 is 0 Å². The van der Waals surface area contributed by atoms with Crippen molar-refractivity contribution in [1.82, 2.24) is 20.0 Å². The number of amides is 3. The summed E-state index contributed by atoms with van der Waals surface area (Å²) in [4.78, 5) is 43.7. The predicted molar refractivity (Wildman–Crippen MR) is 142 cm³/mol. The summed E-state index contributed by atoms with van der Waals surface area (Å²) < 4.78 is 0. The van der Waals surface area contributed by atoms with Gasteiger partial charge in [-0.2, -0.15) is 5.26 Å². The van der Waals surface area contributed by atoms with Crippen molar-refractivity contribution in [3.63, 3.8) is 0 Å². The second-order valence-electron chi connectivity index (χ2n) is 8.72. The number of nitrogens with zero attached hydrogens (tertiary/aromatic N) is 4. The van der Waals surface area contributed by atoms with Crippen LogP contribution >= 0.6 is 11.8 Å². The molecule has 9 nitrogen and oxygen atoms in total. The average Bonchev–Trinajstić information content (AvgIpc) is 3.52. The first kappa shape index (κ1) is 27.6. The molecule has 2 aliphatic rings. The van der Waals surface area contributed by atoms with Crippen LogP contribution in [0.15, 0.2) is 34.9 Å². The second kappa shape index (κ2) is 13.3. The van der Waals surface area contributed by atoms with E-state index in [0.29, 0.717) is 43.3 Å². The summed E-state index contributed by atoms with van der Waals surface area (Å²) in [6, 6.07) is 9.19. The molecule has 0 aromatic heterocycles. The Kier molecular flexibility index (Phi) is 10.2. The topological polar surface area (TPSA) is 109 Å². The highest BCUT2D eigenvalue weighted by Gasteiger charge is 2.39. The average molecular weight is 513 g/mol. The fourth-order valence-electron chi connectivity index (χ4n) is 4.39. The number of rotatable bonds is 11. The van der Waals surface area contributed by atoms with E-state index >= 15 is 0 Å². The van der Waals surface area contributed by atoms with Crippen LogP contribution < -0.4 is 10.6 Å². The summed E-state index contributed by atoms with van der Waals surface area (Å²) in [5.74, 6) is -0.573. The number of benzene rings is 1. The number of carbonyl (C=O) groups is 3. The highest BCUT2D eigenvalue weighted by molar-refractivity contribution is 8.04. The fraction of sp³-hybridized carbons (Fsp3) is 0.538. The molecule has 2 heterocycles. The van der Waals surface area contributed by atoms with Crippen LogP contribution in [0.1, 0.15) is 44.0 Å². The molecule has 194 valence electrons. The molecule has 3 rings (SSSR count). The van der Waals surface area contributed by atoms with E-state index in [2.05, 4.69) is 15.5 Å². The van der Waals surface area contributed by atoms with Gasteiger partial charge in [0, 0.05) is 50.5 Å². The van der Waals surface area contributed by atoms with E-state index in [9.17, 15) is 19.6 Å². The molecule has 10 heteroatoms. The smallest absolute Gasteiger partial charge is 0.267 e. The Labute approximate surface area is 217 Å². The number of hydrogen-bond acceptors (Lipinski definition) is 7. The van der Waals surface area contributed by atoms with E-state index in [0.717, 1.165) is 25.3 Å². The van der Waals surface area contributed by atoms with Gasteiger partial charge in [-0.3, -0.25) is 14.4 Å². The van der Waals surface area contributed by atoms with Gasteiger partial charge < -0.3 is 25.3 Å². The first-order chi connectivity index (χ1) is 17.4. The van der Waals surface area contributed by atoms with Gasteiger partial charge in [0.15, 0.2) is 0 Å². The second-order valence-corrected chi connectivity index (χ2v) is 9.91. The highest BCUT2D eigenvalue weighted by Crippen LogP contribution is 2.37. The van der Waals surface area contributed by atoms with E-state index in [-0.39, 0.29) is 23.3 Å². The minimum atomic E-state index is -0.457. The van der Waals surface area contributed by atoms with Crippen LogP contribution in [0, 0.1) is 11.3 Å². The molecule has 2 fully saturated rings. The lowest BCUT2D eigenvalue weighted by molar-refractivity contribution is -0.127. The van der Waals surface area contributed by atoms with Gasteiger partial charge in [-0.1, -0.05) is 11.8 Å². The van der Waals surface area contributed by atoms with Crippen molar-refractivity contribution in [2.24, 2.45) is 0 Å². The van der Waals surface area contributed by atoms with Crippen molar-refractivity contribution in [2.75, 3.05) is 57.7 Å². The molecule has 1 aromatic carbocycles. The molecule has 0 saturated carbocycles. The maximum Gasteiger partial charge on any atom is 0.267 e. The van der Waals surface area contributed by atoms with E-state index in [1.165, 1.54) is 29.5 Å². The Morgan fingerprint density at radius 3 is 2.39 bits per heavy atom. The maximum absolute atomic E-state index is 13.0. The predicted octanol–water partition coefficient (Wildman–Crippen LogP) is 2.49. The first-order valence-electron chi connectivity index (χ1n) is 12.7. The monoisotopic (exact) mass is 512 g/mol. The van der Waals surface area contributed by atoms with E-state index in [1.54, 1.807) is 17.0 Å². The third kappa shape index (κ3) is 6.59. The van der Waals surface area contributed by atoms with Crippen LogP contribution in [-0.4, -0.2) is 90.0 Å². The third-order valence-electron chi connectivity index (χ3n) is 6.50. The van der Waals surface area contributed by atoms with Gasteiger partial charge in [0.2, 0.25) is 5.91 Å². The summed E-state index contributed by atoms with van der Waals surface area (Å²) in [5, 5.41) is 15.9. The number of anilines is 1. The number of likely N-dealkylation sites (N-methyl/N-ethyl adjacent to an activating group) is 1. The van der Waals surface area contributed by atoms with Gasteiger partial charge in [-0.25, -0.2) is 0 Å². The van der Waals surface area contributed by atoms with Crippen molar-refractivity contribution in [3.05, 3.63) is 40.4 Å². The maximum atomic E-state index is 13.0. The molecule has 0 spiro atoms. The van der Waals surface area contributed by atoms with Gasteiger partial charge in [-0.15, -0.1) is 0 Å². The van der Waals surface area contributed by atoms with Crippen LogP contribution in [0.5, 0.6) is 0 Å². The Morgan fingerprint density at radius 2 is 1.81 bits per heavy atom. The molecule has 1 aromatic rings. The SMILES string of the molecule is CCN(CC)C(=O)/C(C#N)=C1\SC(CNc2ccc(C(=O)NCCN3CCCC3)cc2)C(=O)N1CC. The zero-order chi connectivity index (χ0) is 26.1. The Hall–Kier alpha value is -3.03. The Morgan fingerprint density at radius 1 is 1.14 bits per heavy atom. The third-order valence-corrected chi connectivity index (χ3v) is 7.80. The molecule has 0 aliphatic carbocycles. The summed E-state index contributed by atoms with van der Waals surface area (Å²) in [5.41, 5.74) is 1.39. The van der Waals surface area contributed by atoms with Gasteiger partial charge in [0.1, 0.15) is 21.9 Å². The quantitative estimate of drug-likeness (QED) is 0.346. The number of hydrogen-bond donors (Lipinski definition) is 2. The summed E-state index contributed by atoms with van der Waals surface area (Å²) >= 11 is 1.25. The number of thioether (sulfide) groups is 1. The number of nitrogens with one attached hydrogen (secondary N) is 2. The minimum absolute atomic E-state index is 0.0153. The molecule has 36 heavy (non-hydrogen) atoms. The van der Waals surface area contributed by atoms with Crippen LogP contribution in [0.25, 0.3) is 0 Å². The van der Waals surface area contributed by atoms with E-state index in [4.69, 9.17) is 0 Å². The zero-order valence-electron chi connectivity index (χ0n) is 21.4. The molecular formula is C26H36N6O3S. The standard InChI is InChI=1S/C26H36N6O3S/c1-4-31(5-2)24(34)21(17-27)26-32(6-3)25(35)22(36-26)18-29-20-11-9-19(10-12-20)23(33)28-13-16-30-14-7-8-15-30/h9-12,22,29H,4-8,13-16,18H2,1-3H3,(H,28,33)/b26-21-. The number of likely N-dealkylation sites (tertiary alicyclic amines) is 1. The molecule has 2 N–H and O–H groups in total. The van der Waals surface area contributed by atoms with Crippen molar-refractivity contribution < 1.29 is 14.4 Å². The van der Waals surface area contributed by atoms with Crippen LogP contribution in [0.4, 0.5) is 5.69 Å². The van der Waals surface area contributed by atoms with E-state index in [1.807, 2.05) is 39.0 Å². The Bertz CT molecular complexity index is 1010. The largest absolute Gasteiger partial charge is 0.383 e. The lowest BCUT2D eigenvalue weighted by atomic mass is 10.2. The number of nitriles is 1. The lowest BCUT2D eigenvalue weighted by Crippen LogP contribution is -2.35. The normalized spacial score (nSPS) is 19.2. The van der Waals surface area contributed by atoms with Gasteiger partial charge in [0.25, 0.3) is 11.8 Å². The summed E-state index contributed by atoms with van der Waals surface area (Å²) in [6.07, 6.45) is 2.46. The van der Waals surface area contributed by atoms with Crippen molar-refractivity contribution >= 4 is 35.2 Å². The Balaban J connectivity index is 1.58. The summed E-state index contributed by atoms with van der Waals surface area (Å²) in [6.45, 7) is 11.0. The molecule has 1 unspecified atom stereocenters. The fourth-order valence-corrected chi connectivity index (χ4v) is 5.65. The number of carbonyl (C=O) groups excluding carboxylic acids is 3. The van der Waals surface area contributed by atoms with Gasteiger partial charge in [-0.05, 0) is 71.0 Å². The van der Waals surface area contributed by atoms with Crippen molar-refractivity contribution in [1.29, 1.82) is 5.26 Å². The van der Waals surface area contributed by atoms with Crippen LogP contribution in [0.3, 0.4) is 0 Å². The van der Waals surface area contributed by atoms with Crippen LogP contribution in [-0.2, 0) is 9.59 Å². The van der Waals surface area contributed by atoms with Gasteiger partial charge in [0.05, 0.1) is 0 Å². The van der Waals surface area contributed by atoms with E-state index < -0.39 is 5.25 Å². The molecule has 3 amide bonds. The molecule has 0 radical (unpaired) electrons. The van der Waals surface area contributed by atoms with Crippen LogP contribution in [0.2, 0.25) is 0 Å². The summed E-state index contributed by atoms with van der Waals surface area (Å²) in [7, 11) is 0. The molecular weight excluding hydrogens is 476 g/mol. The van der Waals surface area contributed by atoms with Crippen molar-refractivity contribution in [2.45, 2.75) is 38.9 Å². The minimum Gasteiger partial charge on any atom is -0.383 e. The van der Waals surface area contributed by atoms with Crippen molar-refractivity contribution in [3.8, 4) is 6.07 Å². The highest BCUT2D eigenvalue weighted by atomic mass is 32.2. The lowest BCUT2D eigenvalue weighted by Gasteiger charge is -2.21. The molecule has 2 aliphatic heterocycles. The molecule has 1 atom stereocenters. The molecule has 2 saturated heterocycles.